The first-order valence-electron chi connectivity index (χ1n) is 6.54. The Morgan fingerprint density at radius 1 is 1.19 bits per heavy atom. The zero-order chi connectivity index (χ0) is 12.0. The van der Waals surface area contributed by atoms with E-state index in [1.165, 1.54) is 19.3 Å². The highest BCUT2D eigenvalue weighted by Gasteiger charge is 2.44. The Morgan fingerprint density at radius 2 is 1.88 bits per heavy atom. The van der Waals surface area contributed by atoms with Crippen LogP contribution in [0.4, 0.5) is 0 Å². The van der Waals surface area contributed by atoms with Gasteiger partial charge in [0, 0.05) is 0 Å². The molecule has 1 heteroatoms. The Hall–Kier alpha value is -0.770. The Balaban J connectivity index is 2.45. The highest BCUT2D eigenvalue weighted by Crippen LogP contribution is 2.54. The molecule has 0 saturated carbocycles. The molecular formula is C15H23N. The van der Waals surface area contributed by atoms with Crippen molar-refractivity contribution in [1.29, 1.82) is 5.26 Å². The molecule has 0 aromatic heterocycles. The van der Waals surface area contributed by atoms with Gasteiger partial charge in [0.05, 0.1) is 11.5 Å². The first-order valence-corrected chi connectivity index (χ1v) is 6.54. The van der Waals surface area contributed by atoms with Gasteiger partial charge in [-0.2, -0.15) is 5.26 Å². The molecule has 0 aliphatic heterocycles. The number of allylic oxidation sites excluding steroid dienone is 2. The molecule has 0 aromatic rings. The highest BCUT2D eigenvalue weighted by molar-refractivity contribution is 5.32. The standard InChI is InChI=1S/C15H23N/c1-11-13-12(6-5-8-14(13,2)3)7-9-15(11,4)10-16/h11H,5-9H2,1-4H3. The summed E-state index contributed by atoms with van der Waals surface area (Å²) in [7, 11) is 0. The number of hydrogen-bond donors (Lipinski definition) is 0. The zero-order valence-corrected chi connectivity index (χ0v) is 11.1. The van der Waals surface area contributed by atoms with Gasteiger partial charge in [0.1, 0.15) is 0 Å². The average molecular weight is 217 g/mol. The van der Waals surface area contributed by atoms with Crippen LogP contribution in [0.3, 0.4) is 0 Å². The third-order valence-electron chi connectivity index (χ3n) is 4.98. The highest BCUT2D eigenvalue weighted by atomic mass is 14.5. The van der Waals surface area contributed by atoms with Crippen LogP contribution in [0.1, 0.15) is 59.8 Å². The molecule has 2 unspecified atom stereocenters. The Kier molecular flexibility index (Phi) is 2.65. The van der Waals surface area contributed by atoms with Crippen molar-refractivity contribution >= 4 is 0 Å². The van der Waals surface area contributed by atoms with Crippen LogP contribution in [0.2, 0.25) is 0 Å². The number of nitrogens with zero attached hydrogens (tertiary/aromatic N) is 1. The van der Waals surface area contributed by atoms with Crippen LogP contribution in [0, 0.1) is 28.1 Å². The van der Waals surface area contributed by atoms with E-state index in [-0.39, 0.29) is 5.41 Å². The van der Waals surface area contributed by atoms with Crippen molar-refractivity contribution in [3.8, 4) is 6.07 Å². The minimum absolute atomic E-state index is 0.132. The fraction of sp³-hybridized carbons (Fsp3) is 0.800. The molecule has 2 atom stereocenters. The van der Waals surface area contributed by atoms with Crippen LogP contribution < -0.4 is 0 Å². The summed E-state index contributed by atoms with van der Waals surface area (Å²) < 4.78 is 0. The minimum Gasteiger partial charge on any atom is -0.198 e. The lowest BCUT2D eigenvalue weighted by Crippen LogP contribution is -2.37. The van der Waals surface area contributed by atoms with E-state index in [1.54, 1.807) is 11.1 Å². The summed E-state index contributed by atoms with van der Waals surface area (Å²) in [6.45, 7) is 9.14. The summed E-state index contributed by atoms with van der Waals surface area (Å²) >= 11 is 0. The monoisotopic (exact) mass is 217 g/mol. The lowest BCUT2D eigenvalue weighted by Gasteiger charge is -2.46. The SMILES string of the molecule is CC1C2=C(CCCC2(C)C)CCC1(C)C#N. The molecule has 0 fully saturated rings. The maximum atomic E-state index is 9.41. The average Bonchev–Trinajstić information content (AvgIpc) is 2.23. The van der Waals surface area contributed by atoms with Crippen molar-refractivity contribution in [2.45, 2.75) is 59.8 Å². The van der Waals surface area contributed by atoms with Crippen LogP contribution in [0.15, 0.2) is 11.1 Å². The maximum Gasteiger partial charge on any atom is 0.0693 e. The normalized spacial score (nSPS) is 37.8. The molecule has 0 radical (unpaired) electrons. The first kappa shape index (κ1) is 11.7. The smallest absolute Gasteiger partial charge is 0.0693 e. The Bertz CT molecular complexity index is 369. The lowest BCUT2D eigenvalue weighted by molar-refractivity contribution is 0.209. The van der Waals surface area contributed by atoms with Crippen molar-refractivity contribution in [2.75, 3.05) is 0 Å². The van der Waals surface area contributed by atoms with Gasteiger partial charge in [-0.15, -0.1) is 0 Å². The molecule has 0 bridgehead atoms. The van der Waals surface area contributed by atoms with E-state index in [1.807, 2.05) is 0 Å². The molecule has 88 valence electrons. The molecule has 2 rings (SSSR count). The molecule has 2 aliphatic rings. The van der Waals surface area contributed by atoms with E-state index < -0.39 is 0 Å². The molecule has 0 spiro atoms. The van der Waals surface area contributed by atoms with Crippen LogP contribution >= 0.6 is 0 Å². The van der Waals surface area contributed by atoms with Crippen molar-refractivity contribution in [3.63, 3.8) is 0 Å². The van der Waals surface area contributed by atoms with Crippen molar-refractivity contribution in [3.05, 3.63) is 11.1 Å². The van der Waals surface area contributed by atoms with E-state index in [0.717, 1.165) is 12.8 Å². The van der Waals surface area contributed by atoms with Gasteiger partial charge < -0.3 is 0 Å². The van der Waals surface area contributed by atoms with Gasteiger partial charge in [-0.1, -0.05) is 31.9 Å². The zero-order valence-electron chi connectivity index (χ0n) is 11.1. The fourth-order valence-electron chi connectivity index (χ4n) is 3.74. The number of nitriles is 1. The molecule has 16 heavy (non-hydrogen) atoms. The molecule has 1 nitrogen and oxygen atoms in total. The van der Waals surface area contributed by atoms with Crippen LogP contribution in [-0.2, 0) is 0 Å². The van der Waals surface area contributed by atoms with Gasteiger partial charge >= 0.3 is 0 Å². The van der Waals surface area contributed by atoms with Crippen LogP contribution in [0.25, 0.3) is 0 Å². The van der Waals surface area contributed by atoms with Gasteiger partial charge in [-0.25, -0.2) is 0 Å². The van der Waals surface area contributed by atoms with Gasteiger partial charge in [0.2, 0.25) is 0 Å². The molecule has 0 aromatic carbocycles. The van der Waals surface area contributed by atoms with E-state index in [9.17, 15) is 5.26 Å². The largest absolute Gasteiger partial charge is 0.198 e. The summed E-state index contributed by atoms with van der Waals surface area (Å²) in [5, 5.41) is 9.41. The van der Waals surface area contributed by atoms with Crippen molar-refractivity contribution in [1.82, 2.24) is 0 Å². The third-order valence-corrected chi connectivity index (χ3v) is 4.98. The summed E-state index contributed by atoms with van der Waals surface area (Å²) in [4.78, 5) is 0. The summed E-state index contributed by atoms with van der Waals surface area (Å²) in [6, 6.07) is 2.57. The van der Waals surface area contributed by atoms with Gasteiger partial charge in [-0.3, -0.25) is 0 Å². The number of rotatable bonds is 0. The van der Waals surface area contributed by atoms with Gasteiger partial charge in [-0.05, 0) is 50.4 Å². The quantitative estimate of drug-likeness (QED) is 0.550. The Morgan fingerprint density at radius 3 is 2.50 bits per heavy atom. The first-order chi connectivity index (χ1) is 7.41. The molecule has 2 aliphatic carbocycles. The van der Waals surface area contributed by atoms with E-state index in [0.29, 0.717) is 11.3 Å². The predicted molar refractivity (Wildman–Crippen MR) is 66.8 cm³/mol. The van der Waals surface area contributed by atoms with E-state index in [4.69, 9.17) is 0 Å². The van der Waals surface area contributed by atoms with Crippen molar-refractivity contribution < 1.29 is 0 Å². The molecule has 0 saturated heterocycles. The van der Waals surface area contributed by atoms with E-state index >= 15 is 0 Å². The molecule has 0 N–H and O–H groups in total. The minimum atomic E-state index is -0.132. The Labute approximate surface area is 99.5 Å². The molecule has 0 amide bonds. The van der Waals surface area contributed by atoms with Crippen LogP contribution in [-0.4, -0.2) is 0 Å². The van der Waals surface area contributed by atoms with Gasteiger partial charge in [0.15, 0.2) is 0 Å². The fourth-order valence-corrected chi connectivity index (χ4v) is 3.74. The molecular weight excluding hydrogens is 194 g/mol. The second-order valence-electron chi connectivity index (χ2n) is 6.51. The predicted octanol–water partition coefficient (Wildman–Crippen LogP) is 4.45. The summed E-state index contributed by atoms with van der Waals surface area (Å²) in [6.07, 6.45) is 6.12. The van der Waals surface area contributed by atoms with E-state index in [2.05, 4.69) is 33.8 Å². The van der Waals surface area contributed by atoms with Gasteiger partial charge in [0.25, 0.3) is 0 Å². The van der Waals surface area contributed by atoms with Crippen LogP contribution in [0.5, 0.6) is 0 Å². The molecule has 0 heterocycles. The second-order valence-corrected chi connectivity index (χ2v) is 6.51. The third kappa shape index (κ3) is 1.59. The summed E-state index contributed by atoms with van der Waals surface area (Å²) in [5.41, 5.74) is 3.49. The van der Waals surface area contributed by atoms with Crippen molar-refractivity contribution in [2.24, 2.45) is 16.7 Å². The second kappa shape index (κ2) is 3.62. The maximum absolute atomic E-state index is 9.41. The lowest BCUT2D eigenvalue weighted by atomic mass is 9.57. The summed E-state index contributed by atoms with van der Waals surface area (Å²) in [5.74, 6) is 0.441. The number of hydrogen-bond acceptors (Lipinski definition) is 1. The topological polar surface area (TPSA) is 23.8 Å².